The molecule has 100 valence electrons. The number of amides is 1. The van der Waals surface area contributed by atoms with Crippen LogP contribution in [0, 0.1) is 0 Å². The van der Waals surface area contributed by atoms with Crippen LogP contribution in [-0.2, 0) is 0 Å². The summed E-state index contributed by atoms with van der Waals surface area (Å²) in [6.07, 6.45) is -5.22. The number of aliphatic hydroxyl groups is 2. The molecule has 0 bridgehead atoms. The van der Waals surface area contributed by atoms with Crippen molar-refractivity contribution in [3.05, 3.63) is 35.9 Å². The number of hydrogen-bond donors (Lipinski definition) is 2. The van der Waals surface area contributed by atoms with Crippen molar-refractivity contribution in [1.29, 1.82) is 0 Å². The second-order valence-electron chi connectivity index (χ2n) is 3.84. The maximum absolute atomic E-state index is 12.2. The van der Waals surface area contributed by atoms with E-state index in [0.29, 0.717) is 4.90 Å². The quantitative estimate of drug-likeness (QED) is 0.800. The number of likely N-dealkylation sites (N-methyl/N-ethyl adjacent to an activating group) is 1. The van der Waals surface area contributed by atoms with Gasteiger partial charge < -0.3 is 15.1 Å². The Morgan fingerprint density at radius 3 is 2.17 bits per heavy atom. The molecule has 1 aromatic carbocycles. The van der Waals surface area contributed by atoms with Gasteiger partial charge in [-0.1, -0.05) is 18.2 Å². The van der Waals surface area contributed by atoms with E-state index in [1.54, 1.807) is 18.2 Å². The van der Waals surface area contributed by atoms with Crippen molar-refractivity contribution in [2.45, 2.75) is 12.0 Å². The van der Waals surface area contributed by atoms with Crippen LogP contribution in [0.3, 0.4) is 0 Å². The van der Waals surface area contributed by atoms with Gasteiger partial charge >= 0.3 is 6.18 Å². The number of carbonyl (C=O) groups excluding carboxylic acids is 1. The molecule has 18 heavy (non-hydrogen) atoms. The van der Waals surface area contributed by atoms with E-state index in [-0.39, 0.29) is 5.56 Å². The molecule has 0 fully saturated rings. The highest BCUT2D eigenvalue weighted by atomic mass is 19.4. The van der Waals surface area contributed by atoms with Crippen LogP contribution in [0.5, 0.6) is 0 Å². The smallest absolute Gasteiger partial charge is 0.357 e. The zero-order valence-corrected chi connectivity index (χ0v) is 9.48. The first-order valence-electron chi connectivity index (χ1n) is 4.97. The molecule has 0 aliphatic heterocycles. The second kappa shape index (κ2) is 4.95. The van der Waals surface area contributed by atoms with Gasteiger partial charge in [0.05, 0.1) is 6.54 Å². The summed E-state index contributed by atoms with van der Waals surface area (Å²) in [5, 5.41) is 17.7. The topological polar surface area (TPSA) is 60.8 Å². The van der Waals surface area contributed by atoms with Gasteiger partial charge in [-0.15, -0.1) is 0 Å². The van der Waals surface area contributed by atoms with E-state index in [1.165, 1.54) is 12.1 Å². The van der Waals surface area contributed by atoms with Crippen molar-refractivity contribution >= 4 is 5.91 Å². The Morgan fingerprint density at radius 1 is 1.22 bits per heavy atom. The van der Waals surface area contributed by atoms with Crippen molar-refractivity contribution < 1.29 is 28.2 Å². The van der Waals surface area contributed by atoms with Gasteiger partial charge in [0, 0.05) is 12.6 Å². The van der Waals surface area contributed by atoms with Crippen LogP contribution in [0.25, 0.3) is 0 Å². The average molecular weight is 263 g/mol. The molecule has 0 aliphatic carbocycles. The van der Waals surface area contributed by atoms with Gasteiger partial charge in [0.15, 0.2) is 0 Å². The average Bonchev–Trinajstić information content (AvgIpc) is 2.27. The van der Waals surface area contributed by atoms with Gasteiger partial charge in [-0.05, 0) is 12.1 Å². The van der Waals surface area contributed by atoms with Crippen molar-refractivity contribution in [2.24, 2.45) is 0 Å². The Kier molecular flexibility index (Phi) is 3.98. The van der Waals surface area contributed by atoms with Crippen molar-refractivity contribution in [2.75, 3.05) is 13.6 Å². The van der Waals surface area contributed by atoms with Gasteiger partial charge in [0.2, 0.25) is 0 Å². The minimum Gasteiger partial charge on any atom is -0.357 e. The first-order chi connectivity index (χ1) is 8.15. The highest BCUT2D eigenvalue weighted by Gasteiger charge is 2.53. The predicted molar refractivity (Wildman–Crippen MR) is 56.6 cm³/mol. The Hall–Kier alpha value is -1.60. The van der Waals surface area contributed by atoms with Crippen LogP contribution in [0.4, 0.5) is 13.2 Å². The minimum atomic E-state index is -5.22. The van der Waals surface area contributed by atoms with E-state index < -0.39 is 24.4 Å². The molecule has 0 radical (unpaired) electrons. The first-order valence-corrected chi connectivity index (χ1v) is 4.97. The second-order valence-corrected chi connectivity index (χ2v) is 3.84. The molecular formula is C11H12F3NO3. The Bertz CT molecular complexity index is 417. The van der Waals surface area contributed by atoms with Crippen LogP contribution in [0.15, 0.2) is 30.3 Å². The molecule has 4 nitrogen and oxygen atoms in total. The summed E-state index contributed by atoms with van der Waals surface area (Å²) in [7, 11) is 1.06. The summed E-state index contributed by atoms with van der Waals surface area (Å²) in [6.45, 7) is -1.26. The third kappa shape index (κ3) is 3.21. The number of halogens is 3. The number of carbonyl (C=O) groups is 1. The third-order valence-corrected chi connectivity index (χ3v) is 2.28. The summed E-state index contributed by atoms with van der Waals surface area (Å²) in [4.78, 5) is 12.3. The molecule has 0 atom stereocenters. The summed E-state index contributed by atoms with van der Waals surface area (Å²) < 4.78 is 36.7. The lowest BCUT2D eigenvalue weighted by Crippen LogP contribution is -2.53. The van der Waals surface area contributed by atoms with E-state index in [2.05, 4.69) is 0 Å². The fourth-order valence-corrected chi connectivity index (χ4v) is 1.29. The fourth-order valence-electron chi connectivity index (χ4n) is 1.29. The van der Waals surface area contributed by atoms with Gasteiger partial charge in [0.25, 0.3) is 11.7 Å². The minimum absolute atomic E-state index is 0.165. The molecule has 0 unspecified atom stereocenters. The molecule has 1 rings (SSSR count). The molecule has 0 saturated carbocycles. The van der Waals surface area contributed by atoms with E-state index in [9.17, 15) is 18.0 Å². The number of hydrogen-bond acceptors (Lipinski definition) is 3. The Morgan fingerprint density at radius 2 is 1.72 bits per heavy atom. The maximum atomic E-state index is 12.2. The standard InChI is InChI=1S/C11H12F3NO3/c1-15(7-10(17,18)11(12,13)14)9(16)8-5-3-2-4-6-8/h2-6,17-18H,7H2,1H3. The van der Waals surface area contributed by atoms with Crippen LogP contribution in [0.2, 0.25) is 0 Å². The molecule has 0 heterocycles. The molecule has 2 N–H and O–H groups in total. The molecule has 0 spiro atoms. The predicted octanol–water partition coefficient (Wildman–Crippen LogP) is 1.00. The molecule has 7 heteroatoms. The highest BCUT2D eigenvalue weighted by molar-refractivity contribution is 5.94. The molecule has 1 amide bonds. The van der Waals surface area contributed by atoms with E-state index in [1.807, 2.05) is 0 Å². The lowest BCUT2D eigenvalue weighted by atomic mass is 10.2. The number of nitrogens with zero attached hydrogens (tertiary/aromatic N) is 1. The van der Waals surface area contributed by atoms with Crippen LogP contribution >= 0.6 is 0 Å². The van der Waals surface area contributed by atoms with E-state index >= 15 is 0 Å². The van der Waals surface area contributed by atoms with Gasteiger partial charge in [-0.3, -0.25) is 4.79 Å². The lowest BCUT2D eigenvalue weighted by Gasteiger charge is -2.29. The van der Waals surface area contributed by atoms with E-state index in [4.69, 9.17) is 10.2 Å². The lowest BCUT2D eigenvalue weighted by molar-refractivity contribution is -0.349. The maximum Gasteiger partial charge on any atom is 0.444 e. The first kappa shape index (κ1) is 14.5. The molecular weight excluding hydrogens is 251 g/mol. The summed E-state index contributed by atoms with van der Waals surface area (Å²) in [6, 6.07) is 7.59. The molecule has 0 aromatic heterocycles. The summed E-state index contributed by atoms with van der Waals surface area (Å²) >= 11 is 0. The zero-order valence-electron chi connectivity index (χ0n) is 9.48. The summed E-state index contributed by atoms with van der Waals surface area (Å²) in [5.74, 6) is -4.65. The highest BCUT2D eigenvalue weighted by Crippen LogP contribution is 2.28. The van der Waals surface area contributed by atoms with Crippen LogP contribution in [-0.4, -0.2) is 46.6 Å². The van der Waals surface area contributed by atoms with Gasteiger partial charge in [-0.25, -0.2) is 0 Å². The van der Waals surface area contributed by atoms with Crippen molar-refractivity contribution in [3.63, 3.8) is 0 Å². The zero-order chi connectivity index (χ0) is 14.0. The van der Waals surface area contributed by atoms with Gasteiger partial charge in [-0.2, -0.15) is 13.2 Å². The molecule has 1 aromatic rings. The Balaban J connectivity index is 2.78. The monoisotopic (exact) mass is 263 g/mol. The molecule has 0 aliphatic rings. The number of alkyl halides is 3. The van der Waals surface area contributed by atoms with Crippen LogP contribution in [0.1, 0.15) is 10.4 Å². The third-order valence-electron chi connectivity index (χ3n) is 2.28. The summed E-state index contributed by atoms with van der Waals surface area (Å²) in [5.41, 5.74) is 0.165. The van der Waals surface area contributed by atoms with Crippen LogP contribution < -0.4 is 0 Å². The number of rotatable bonds is 3. The van der Waals surface area contributed by atoms with Gasteiger partial charge in [0.1, 0.15) is 0 Å². The van der Waals surface area contributed by atoms with Crippen molar-refractivity contribution in [3.8, 4) is 0 Å². The normalized spacial score (nSPS) is 12.3. The number of benzene rings is 1. The largest absolute Gasteiger partial charge is 0.444 e. The Labute approximate surface area is 101 Å². The van der Waals surface area contributed by atoms with Crippen molar-refractivity contribution in [1.82, 2.24) is 4.90 Å². The van der Waals surface area contributed by atoms with E-state index in [0.717, 1.165) is 7.05 Å². The SMILES string of the molecule is CN(CC(O)(O)C(F)(F)F)C(=O)c1ccccc1. The fraction of sp³-hybridized carbons (Fsp3) is 0.364. The molecule has 0 saturated heterocycles.